The number of aryl methyl sites for hydroxylation is 1. The Hall–Kier alpha value is -4.59. The number of halogens is 3. The summed E-state index contributed by atoms with van der Waals surface area (Å²) in [6.45, 7) is 3.21. The average molecular weight is 477 g/mol. The normalized spacial score (nSPS) is 11.2. The van der Waals surface area contributed by atoms with Crippen molar-refractivity contribution in [2.75, 3.05) is 5.32 Å². The molecule has 0 fully saturated rings. The molecule has 11 heteroatoms. The highest BCUT2D eigenvalue weighted by Gasteiger charge is 2.33. The van der Waals surface area contributed by atoms with E-state index in [2.05, 4.69) is 25.4 Å². The van der Waals surface area contributed by atoms with Gasteiger partial charge in [0.25, 0.3) is 0 Å². The summed E-state index contributed by atoms with van der Waals surface area (Å²) in [5.41, 5.74) is 2.73. The topological polar surface area (TPSA) is 109 Å². The Labute approximate surface area is 198 Å². The molecule has 0 aromatic carbocycles. The van der Waals surface area contributed by atoms with Crippen molar-refractivity contribution >= 4 is 11.7 Å². The minimum atomic E-state index is -4.56. The molecule has 176 valence electrons. The molecule has 0 aliphatic carbocycles. The van der Waals surface area contributed by atoms with Gasteiger partial charge in [0, 0.05) is 41.0 Å². The molecule has 35 heavy (non-hydrogen) atoms. The molecule has 4 rings (SSSR count). The van der Waals surface area contributed by atoms with Gasteiger partial charge < -0.3 is 5.32 Å². The molecule has 0 aliphatic rings. The number of carbonyl (C=O) groups is 1. The Balaban J connectivity index is 1.48. The van der Waals surface area contributed by atoms with Crippen LogP contribution in [0, 0.1) is 25.2 Å². The summed E-state index contributed by atoms with van der Waals surface area (Å²) in [6, 6.07) is 11.1. The van der Waals surface area contributed by atoms with Crippen molar-refractivity contribution in [1.82, 2.24) is 24.7 Å². The first-order chi connectivity index (χ1) is 16.7. The first-order valence-electron chi connectivity index (χ1n) is 10.4. The average Bonchev–Trinajstić information content (AvgIpc) is 3.11. The molecule has 1 amide bonds. The van der Waals surface area contributed by atoms with E-state index in [0.29, 0.717) is 34.0 Å². The first-order valence-corrected chi connectivity index (χ1v) is 10.4. The van der Waals surface area contributed by atoms with Gasteiger partial charge in [-0.25, -0.2) is 9.97 Å². The second-order valence-electron chi connectivity index (χ2n) is 7.66. The fourth-order valence-corrected chi connectivity index (χ4v) is 3.60. The molecule has 0 saturated heterocycles. The zero-order valence-corrected chi connectivity index (χ0v) is 18.6. The molecular formula is C24H18F3N7O. The second kappa shape index (κ2) is 9.34. The summed E-state index contributed by atoms with van der Waals surface area (Å²) in [5, 5.41) is 15.9. The number of nitrogens with one attached hydrogen (secondary N) is 1. The lowest BCUT2D eigenvalue weighted by molar-refractivity contribution is -0.141. The molecule has 0 unspecified atom stereocenters. The van der Waals surface area contributed by atoms with Crippen LogP contribution < -0.4 is 5.32 Å². The Morgan fingerprint density at radius 2 is 1.74 bits per heavy atom. The van der Waals surface area contributed by atoms with Crippen LogP contribution in [0.4, 0.5) is 19.0 Å². The van der Waals surface area contributed by atoms with E-state index in [4.69, 9.17) is 5.26 Å². The van der Waals surface area contributed by atoms with E-state index in [1.807, 2.05) is 6.07 Å². The van der Waals surface area contributed by atoms with Gasteiger partial charge in [0.05, 0.1) is 5.69 Å². The van der Waals surface area contributed by atoms with Crippen molar-refractivity contribution in [3.63, 3.8) is 0 Å². The molecule has 4 heterocycles. The van der Waals surface area contributed by atoms with Gasteiger partial charge in [-0.15, -0.1) is 0 Å². The van der Waals surface area contributed by atoms with Crippen LogP contribution in [0.5, 0.6) is 0 Å². The van der Waals surface area contributed by atoms with E-state index in [1.54, 1.807) is 50.5 Å². The van der Waals surface area contributed by atoms with Crippen molar-refractivity contribution in [3.8, 4) is 28.3 Å². The number of nitrogens with zero attached hydrogens (tertiary/aromatic N) is 6. The molecule has 1 N–H and O–H groups in total. The molecule has 8 nitrogen and oxygen atoms in total. The smallest absolute Gasteiger partial charge is 0.309 e. The third kappa shape index (κ3) is 5.16. The maximum absolute atomic E-state index is 13.1. The maximum Gasteiger partial charge on any atom is 0.433 e. The third-order valence-electron chi connectivity index (χ3n) is 5.26. The van der Waals surface area contributed by atoms with Crippen LogP contribution >= 0.6 is 0 Å². The van der Waals surface area contributed by atoms with E-state index < -0.39 is 17.8 Å². The number of carbonyl (C=O) groups excluding carboxylic acids is 1. The number of pyridine rings is 3. The first kappa shape index (κ1) is 23.6. The van der Waals surface area contributed by atoms with E-state index in [9.17, 15) is 18.0 Å². The number of rotatable bonds is 5. The fraction of sp³-hybridized carbons (Fsp3) is 0.167. The van der Waals surface area contributed by atoms with Crippen molar-refractivity contribution in [2.24, 2.45) is 0 Å². The van der Waals surface area contributed by atoms with Crippen molar-refractivity contribution in [3.05, 3.63) is 77.8 Å². The van der Waals surface area contributed by atoms with Gasteiger partial charge in [-0.1, -0.05) is 0 Å². The molecule has 0 saturated carbocycles. The maximum atomic E-state index is 13.1. The number of hydrogen-bond acceptors (Lipinski definition) is 6. The zero-order valence-electron chi connectivity index (χ0n) is 18.6. The highest BCUT2D eigenvalue weighted by molar-refractivity contribution is 5.90. The molecule has 0 aliphatic heterocycles. The standard InChI is InChI=1S/C24H18F3N7O/c1-14-23(16-7-8-29-20(9-16)24(25,26)27)15(2)34(33-14)13-22(35)32-21-6-4-18(12-31-21)17-3-5-19(10-28)30-11-17/h3-9,11-12H,13H2,1-2H3,(H,31,32,35). The van der Waals surface area contributed by atoms with E-state index >= 15 is 0 Å². The highest BCUT2D eigenvalue weighted by atomic mass is 19.4. The summed E-state index contributed by atoms with van der Waals surface area (Å²) in [4.78, 5) is 24.2. The van der Waals surface area contributed by atoms with Crippen molar-refractivity contribution < 1.29 is 18.0 Å². The number of aromatic nitrogens is 5. The number of amides is 1. The van der Waals surface area contributed by atoms with E-state index in [-0.39, 0.29) is 6.54 Å². The highest BCUT2D eigenvalue weighted by Crippen LogP contribution is 2.32. The van der Waals surface area contributed by atoms with Crippen LogP contribution in [-0.2, 0) is 17.5 Å². The fourth-order valence-electron chi connectivity index (χ4n) is 3.60. The van der Waals surface area contributed by atoms with Crippen LogP contribution in [0.2, 0.25) is 0 Å². The number of nitriles is 1. The summed E-state index contributed by atoms with van der Waals surface area (Å²) in [6.07, 6.45) is -0.326. The van der Waals surface area contributed by atoms with Crippen LogP contribution in [0.25, 0.3) is 22.3 Å². The molecule has 4 aromatic rings. The summed E-state index contributed by atoms with van der Waals surface area (Å²) >= 11 is 0. The zero-order chi connectivity index (χ0) is 25.2. The van der Waals surface area contributed by atoms with Gasteiger partial charge >= 0.3 is 6.18 Å². The number of alkyl halides is 3. The van der Waals surface area contributed by atoms with Gasteiger partial charge in [0.1, 0.15) is 29.8 Å². The third-order valence-corrected chi connectivity index (χ3v) is 5.26. The predicted octanol–water partition coefficient (Wildman–Crippen LogP) is 4.55. The van der Waals surface area contributed by atoms with Crippen LogP contribution in [0.1, 0.15) is 22.8 Å². The number of anilines is 1. The Morgan fingerprint density at radius 3 is 2.34 bits per heavy atom. The Bertz CT molecular complexity index is 1420. The van der Waals surface area contributed by atoms with Crippen molar-refractivity contribution in [1.29, 1.82) is 5.26 Å². The quantitative estimate of drug-likeness (QED) is 0.452. The predicted molar refractivity (Wildman–Crippen MR) is 121 cm³/mol. The van der Waals surface area contributed by atoms with Gasteiger partial charge in [0.15, 0.2) is 0 Å². The SMILES string of the molecule is Cc1nn(CC(=O)Nc2ccc(-c3ccc(C#N)nc3)cn2)c(C)c1-c1ccnc(C(F)(F)F)c1. The summed E-state index contributed by atoms with van der Waals surface area (Å²) in [5.74, 6) is -0.0702. The van der Waals surface area contributed by atoms with E-state index in [0.717, 1.165) is 23.4 Å². The molecule has 0 spiro atoms. The molecular weight excluding hydrogens is 459 g/mol. The molecule has 4 aromatic heterocycles. The van der Waals surface area contributed by atoms with Gasteiger partial charge in [-0.05, 0) is 55.8 Å². The molecule has 0 bridgehead atoms. The van der Waals surface area contributed by atoms with Gasteiger partial charge in [-0.3, -0.25) is 14.5 Å². The summed E-state index contributed by atoms with van der Waals surface area (Å²) in [7, 11) is 0. The van der Waals surface area contributed by atoms with E-state index in [1.165, 1.54) is 10.7 Å². The van der Waals surface area contributed by atoms with Crippen molar-refractivity contribution in [2.45, 2.75) is 26.6 Å². The Morgan fingerprint density at radius 1 is 1.03 bits per heavy atom. The Kier molecular flexibility index (Phi) is 6.29. The molecule has 0 radical (unpaired) electrons. The minimum absolute atomic E-state index is 0.146. The summed E-state index contributed by atoms with van der Waals surface area (Å²) < 4.78 is 40.6. The second-order valence-corrected chi connectivity index (χ2v) is 7.66. The van der Waals surface area contributed by atoms with Crippen LogP contribution in [0.15, 0.2) is 55.0 Å². The van der Waals surface area contributed by atoms with Gasteiger partial charge in [0.2, 0.25) is 5.91 Å². The lowest BCUT2D eigenvalue weighted by atomic mass is 10.0. The molecule has 0 atom stereocenters. The number of hydrogen-bond donors (Lipinski definition) is 1. The van der Waals surface area contributed by atoms with Gasteiger partial charge in [-0.2, -0.15) is 23.5 Å². The largest absolute Gasteiger partial charge is 0.433 e. The van der Waals surface area contributed by atoms with Crippen LogP contribution in [-0.4, -0.2) is 30.6 Å². The van der Waals surface area contributed by atoms with Crippen LogP contribution in [0.3, 0.4) is 0 Å². The lowest BCUT2D eigenvalue weighted by Gasteiger charge is -2.09. The lowest BCUT2D eigenvalue weighted by Crippen LogP contribution is -2.20. The minimum Gasteiger partial charge on any atom is -0.309 e. The monoisotopic (exact) mass is 477 g/mol.